The zero-order valence-electron chi connectivity index (χ0n) is 12.8. The van der Waals surface area contributed by atoms with E-state index in [-0.39, 0.29) is 23.6 Å². The SMILES string of the molecule is CC1(CNC(=O)NC2CCC(O)CC2)CCCCCC1. The molecule has 20 heavy (non-hydrogen) atoms. The van der Waals surface area contributed by atoms with Gasteiger partial charge in [0.1, 0.15) is 0 Å². The third kappa shape index (κ3) is 4.97. The maximum absolute atomic E-state index is 12.0. The molecule has 2 fully saturated rings. The van der Waals surface area contributed by atoms with Crippen LogP contribution in [0.25, 0.3) is 0 Å². The Hall–Kier alpha value is -0.770. The van der Waals surface area contributed by atoms with E-state index < -0.39 is 0 Å². The van der Waals surface area contributed by atoms with Crippen LogP contribution in [0, 0.1) is 5.41 Å². The van der Waals surface area contributed by atoms with Crippen molar-refractivity contribution in [2.45, 2.75) is 83.3 Å². The first-order valence-corrected chi connectivity index (χ1v) is 8.30. The van der Waals surface area contributed by atoms with Crippen LogP contribution in [-0.4, -0.2) is 29.8 Å². The molecular weight excluding hydrogens is 252 g/mol. The van der Waals surface area contributed by atoms with Gasteiger partial charge in [-0.2, -0.15) is 0 Å². The third-order valence-electron chi connectivity index (χ3n) is 5.02. The summed E-state index contributed by atoms with van der Waals surface area (Å²) in [5.74, 6) is 0. The first-order valence-electron chi connectivity index (χ1n) is 8.30. The lowest BCUT2D eigenvalue weighted by molar-refractivity contribution is 0.117. The van der Waals surface area contributed by atoms with E-state index in [2.05, 4.69) is 17.6 Å². The lowest BCUT2D eigenvalue weighted by Gasteiger charge is -2.30. The molecule has 0 unspecified atom stereocenters. The lowest BCUT2D eigenvalue weighted by Crippen LogP contribution is -2.46. The van der Waals surface area contributed by atoms with Gasteiger partial charge in [-0.1, -0.05) is 32.6 Å². The molecule has 0 bridgehead atoms. The second-order valence-electron chi connectivity index (χ2n) is 7.06. The molecule has 0 atom stereocenters. The van der Waals surface area contributed by atoms with Crippen molar-refractivity contribution >= 4 is 6.03 Å². The van der Waals surface area contributed by atoms with Crippen molar-refractivity contribution in [3.63, 3.8) is 0 Å². The van der Waals surface area contributed by atoms with Crippen LogP contribution >= 0.6 is 0 Å². The van der Waals surface area contributed by atoms with Crippen LogP contribution in [0.15, 0.2) is 0 Å². The minimum Gasteiger partial charge on any atom is -0.393 e. The van der Waals surface area contributed by atoms with E-state index in [0.29, 0.717) is 0 Å². The standard InChI is InChI=1S/C16H30N2O2/c1-16(10-4-2-3-5-11-16)12-17-15(20)18-13-6-8-14(19)9-7-13/h13-14,19H,2-12H2,1H3,(H2,17,18,20). The van der Waals surface area contributed by atoms with Gasteiger partial charge in [0.2, 0.25) is 0 Å². The number of carbonyl (C=O) groups is 1. The fourth-order valence-corrected chi connectivity index (χ4v) is 3.51. The van der Waals surface area contributed by atoms with Crippen LogP contribution in [0.2, 0.25) is 0 Å². The Labute approximate surface area is 122 Å². The number of aliphatic hydroxyl groups is 1. The average molecular weight is 282 g/mol. The van der Waals surface area contributed by atoms with Gasteiger partial charge in [-0.15, -0.1) is 0 Å². The largest absolute Gasteiger partial charge is 0.393 e. The zero-order chi connectivity index (χ0) is 14.4. The Morgan fingerprint density at radius 3 is 2.30 bits per heavy atom. The summed E-state index contributed by atoms with van der Waals surface area (Å²) < 4.78 is 0. The molecule has 2 aliphatic carbocycles. The summed E-state index contributed by atoms with van der Waals surface area (Å²) in [5.41, 5.74) is 0.274. The summed E-state index contributed by atoms with van der Waals surface area (Å²) in [4.78, 5) is 12.0. The average Bonchev–Trinajstić information content (AvgIpc) is 2.65. The number of aliphatic hydroxyl groups excluding tert-OH is 1. The Morgan fingerprint density at radius 1 is 1.10 bits per heavy atom. The highest BCUT2D eigenvalue weighted by molar-refractivity contribution is 5.74. The van der Waals surface area contributed by atoms with Gasteiger partial charge >= 0.3 is 6.03 Å². The number of hydrogen-bond donors (Lipinski definition) is 3. The molecule has 2 rings (SSSR count). The Bertz CT molecular complexity index is 304. The predicted octanol–water partition coefficient (Wildman–Crippen LogP) is 2.95. The van der Waals surface area contributed by atoms with E-state index >= 15 is 0 Å². The summed E-state index contributed by atoms with van der Waals surface area (Å²) in [5, 5.41) is 15.6. The molecule has 0 heterocycles. The van der Waals surface area contributed by atoms with Crippen LogP contribution in [-0.2, 0) is 0 Å². The van der Waals surface area contributed by atoms with Crippen molar-refractivity contribution in [3.05, 3.63) is 0 Å². The van der Waals surface area contributed by atoms with E-state index in [1.807, 2.05) is 0 Å². The van der Waals surface area contributed by atoms with Gasteiger partial charge in [0, 0.05) is 12.6 Å². The highest BCUT2D eigenvalue weighted by Crippen LogP contribution is 2.33. The van der Waals surface area contributed by atoms with Gasteiger partial charge in [-0.3, -0.25) is 0 Å². The van der Waals surface area contributed by atoms with E-state index in [4.69, 9.17) is 0 Å². The molecule has 0 radical (unpaired) electrons. The molecule has 2 saturated carbocycles. The monoisotopic (exact) mass is 282 g/mol. The molecule has 2 amide bonds. The fourth-order valence-electron chi connectivity index (χ4n) is 3.51. The first-order chi connectivity index (χ1) is 9.57. The molecular formula is C16H30N2O2. The van der Waals surface area contributed by atoms with Crippen molar-refractivity contribution in [1.82, 2.24) is 10.6 Å². The normalized spacial score (nSPS) is 30.3. The minimum atomic E-state index is -0.166. The lowest BCUT2D eigenvalue weighted by atomic mass is 9.82. The van der Waals surface area contributed by atoms with Crippen molar-refractivity contribution in [2.24, 2.45) is 5.41 Å². The first kappa shape index (κ1) is 15.6. The third-order valence-corrected chi connectivity index (χ3v) is 5.02. The summed E-state index contributed by atoms with van der Waals surface area (Å²) in [7, 11) is 0. The maximum Gasteiger partial charge on any atom is 0.315 e. The van der Waals surface area contributed by atoms with Gasteiger partial charge in [-0.05, 0) is 43.9 Å². The topological polar surface area (TPSA) is 61.4 Å². The number of carbonyl (C=O) groups excluding carboxylic acids is 1. The van der Waals surface area contributed by atoms with E-state index in [0.717, 1.165) is 32.2 Å². The highest BCUT2D eigenvalue weighted by Gasteiger charge is 2.27. The molecule has 4 nitrogen and oxygen atoms in total. The Morgan fingerprint density at radius 2 is 1.70 bits per heavy atom. The Balaban J connectivity index is 1.68. The summed E-state index contributed by atoms with van der Waals surface area (Å²) in [6.45, 7) is 3.09. The van der Waals surface area contributed by atoms with Gasteiger partial charge in [0.15, 0.2) is 0 Å². The van der Waals surface area contributed by atoms with E-state index in [1.165, 1.54) is 38.5 Å². The summed E-state index contributed by atoms with van der Waals surface area (Å²) in [6, 6.07) is 0.206. The molecule has 2 aliphatic rings. The number of hydrogen-bond acceptors (Lipinski definition) is 2. The van der Waals surface area contributed by atoms with Crippen LogP contribution < -0.4 is 10.6 Å². The quantitative estimate of drug-likeness (QED) is 0.697. The fraction of sp³-hybridized carbons (Fsp3) is 0.938. The number of amides is 2. The van der Waals surface area contributed by atoms with Gasteiger partial charge < -0.3 is 15.7 Å². The summed E-state index contributed by atoms with van der Waals surface area (Å²) >= 11 is 0. The minimum absolute atomic E-state index is 0.0307. The maximum atomic E-state index is 12.0. The van der Waals surface area contributed by atoms with Crippen LogP contribution in [0.3, 0.4) is 0 Å². The zero-order valence-corrected chi connectivity index (χ0v) is 12.8. The van der Waals surface area contributed by atoms with Gasteiger partial charge in [0.25, 0.3) is 0 Å². The molecule has 3 N–H and O–H groups in total. The van der Waals surface area contributed by atoms with E-state index in [1.54, 1.807) is 0 Å². The van der Waals surface area contributed by atoms with Crippen LogP contribution in [0.5, 0.6) is 0 Å². The number of rotatable bonds is 3. The van der Waals surface area contributed by atoms with Gasteiger partial charge in [0.05, 0.1) is 6.10 Å². The highest BCUT2D eigenvalue weighted by atomic mass is 16.3. The smallest absolute Gasteiger partial charge is 0.315 e. The number of urea groups is 1. The summed E-state index contributed by atoms with van der Waals surface area (Å²) in [6.07, 6.45) is 11.0. The van der Waals surface area contributed by atoms with Crippen molar-refractivity contribution in [2.75, 3.05) is 6.54 Å². The molecule has 4 heteroatoms. The molecule has 116 valence electrons. The molecule has 0 aromatic heterocycles. The molecule has 0 spiro atoms. The second-order valence-corrected chi connectivity index (χ2v) is 7.06. The van der Waals surface area contributed by atoms with E-state index in [9.17, 15) is 9.90 Å². The van der Waals surface area contributed by atoms with Crippen LogP contribution in [0.1, 0.15) is 71.1 Å². The van der Waals surface area contributed by atoms with Crippen molar-refractivity contribution in [3.8, 4) is 0 Å². The van der Waals surface area contributed by atoms with Gasteiger partial charge in [-0.25, -0.2) is 4.79 Å². The number of nitrogens with one attached hydrogen (secondary N) is 2. The molecule has 0 saturated heterocycles. The predicted molar refractivity (Wildman–Crippen MR) is 80.6 cm³/mol. The van der Waals surface area contributed by atoms with Crippen molar-refractivity contribution < 1.29 is 9.90 Å². The molecule has 0 aromatic carbocycles. The Kier molecular flexibility index (Phi) is 5.70. The molecule has 0 aromatic rings. The van der Waals surface area contributed by atoms with Crippen LogP contribution in [0.4, 0.5) is 4.79 Å². The second kappa shape index (κ2) is 7.30. The van der Waals surface area contributed by atoms with Crippen molar-refractivity contribution in [1.29, 1.82) is 0 Å². The molecule has 0 aliphatic heterocycles.